The molecule has 0 aliphatic rings. The number of nitrogens with zero attached hydrogens (tertiary/aromatic N) is 2. The Bertz CT molecular complexity index is 755. The van der Waals surface area contributed by atoms with Gasteiger partial charge in [-0.3, -0.25) is 4.79 Å². The van der Waals surface area contributed by atoms with Gasteiger partial charge in [-0.25, -0.2) is 4.79 Å². The molecule has 7 heteroatoms. The number of rotatable bonds is 6. The minimum Gasteiger partial charge on any atom is -0.360 e. The van der Waals surface area contributed by atoms with Crippen LogP contribution in [0, 0.1) is 20.8 Å². The van der Waals surface area contributed by atoms with E-state index >= 15 is 0 Å². The molecule has 0 atom stereocenters. The lowest BCUT2D eigenvalue weighted by atomic mass is 10.1. The summed E-state index contributed by atoms with van der Waals surface area (Å²) in [6.45, 7) is 8.05. The summed E-state index contributed by atoms with van der Waals surface area (Å²) in [6.07, 6.45) is 0.747. The summed E-state index contributed by atoms with van der Waals surface area (Å²) in [7, 11) is 0. The predicted molar refractivity (Wildman–Crippen MR) is 96.7 cm³/mol. The molecule has 1 heterocycles. The van der Waals surface area contributed by atoms with Crippen molar-refractivity contribution < 1.29 is 14.1 Å². The molecule has 0 radical (unpaired) electrons. The van der Waals surface area contributed by atoms with Crippen molar-refractivity contribution in [3.05, 3.63) is 41.2 Å². The zero-order valence-corrected chi connectivity index (χ0v) is 15.0. The Labute approximate surface area is 147 Å². The van der Waals surface area contributed by atoms with Crippen molar-refractivity contribution in [3.63, 3.8) is 0 Å². The van der Waals surface area contributed by atoms with Crippen molar-refractivity contribution in [1.82, 2.24) is 10.1 Å². The lowest BCUT2D eigenvalue weighted by molar-refractivity contribution is -0.116. The van der Waals surface area contributed by atoms with Crippen LogP contribution < -0.4 is 10.6 Å². The number of amides is 3. The number of urea groups is 1. The highest BCUT2D eigenvalue weighted by molar-refractivity contribution is 5.96. The third-order valence-electron chi connectivity index (χ3n) is 3.86. The van der Waals surface area contributed by atoms with Gasteiger partial charge in [0.25, 0.3) is 0 Å². The molecule has 0 fully saturated rings. The fourth-order valence-electron chi connectivity index (χ4n) is 2.38. The zero-order chi connectivity index (χ0) is 18.4. The summed E-state index contributed by atoms with van der Waals surface area (Å²) in [5.41, 5.74) is 2.85. The van der Waals surface area contributed by atoms with Crippen molar-refractivity contribution in [1.29, 1.82) is 0 Å². The average molecular weight is 344 g/mol. The maximum absolute atomic E-state index is 12.6. The van der Waals surface area contributed by atoms with Crippen molar-refractivity contribution in [2.24, 2.45) is 0 Å². The Morgan fingerprint density at radius 3 is 2.60 bits per heavy atom. The van der Waals surface area contributed by atoms with Gasteiger partial charge in [0.1, 0.15) is 12.3 Å². The third kappa shape index (κ3) is 5.07. The number of hydrogen-bond donors (Lipinski definition) is 2. The van der Waals surface area contributed by atoms with Crippen molar-refractivity contribution in [2.45, 2.75) is 34.1 Å². The monoisotopic (exact) mass is 344 g/mol. The van der Waals surface area contributed by atoms with Gasteiger partial charge in [-0.15, -0.1) is 0 Å². The SMILES string of the molecule is CCCN(CC(=O)Nc1cc(C)on1)C(=O)Nc1cccc(C)c1C. The first-order chi connectivity index (χ1) is 11.9. The molecule has 0 saturated heterocycles. The minimum absolute atomic E-state index is 0.0591. The van der Waals surface area contributed by atoms with Gasteiger partial charge >= 0.3 is 6.03 Å². The van der Waals surface area contributed by atoms with Crippen LogP contribution in [0.25, 0.3) is 0 Å². The van der Waals surface area contributed by atoms with Crippen LogP contribution in [0.15, 0.2) is 28.8 Å². The van der Waals surface area contributed by atoms with Crippen molar-refractivity contribution in [2.75, 3.05) is 23.7 Å². The number of anilines is 2. The Kier molecular flexibility index (Phi) is 6.16. The molecule has 2 aromatic rings. The second kappa shape index (κ2) is 8.32. The predicted octanol–water partition coefficient (Wildman–Crippen LogP) is 3.48. The van der Waals surface area contributed by atoms with E-state index in [0.717, 1.165) is 23.2 Å². The van der Waals surface area contributed by atoms with Gasteiger partial charge in [0.2, 0.25) is 5.91 Å². The quantitative estimate of drug-likeness (QED) is 0.840. The van der Waals surface area contributed by atoms with Gasteiger partial charge in [0.15, 0.2) is 5.82 Å². The van der Waals surface area contributed by atoms with E-state index in [1.165, 1.54) is 4.90 Å². The van der Waals surface area contributed by atoms with Crippen molar-refractivity contribution >= 4 is 23.4 Å². The number of carbonyl (C=O) groups excluding carboxylic acids is 2. The average Bonchev–Trinajstić information content (AvgIpc) is 2.96. The molecule has 25 heavy (non-hydrogen) atoms. The molecule has 2 rings (SSSR count). The Morgan fingerprint density at radius 1 is 1.20 bits per heavy atom. The van der Waals surface area contributed by atoms with Gasteiger partial charge in [-0.05, 0) is 44.4 Å². The lowest BCUT2D eigenvalue weighted by Crippen LogP contribution is -2.41. The fourth-order valence-corrected chi connectivity index (χ4v) is 2.38. The Balaban J connectivity index is 2.02. The normalized spacial score (nSPS) is 10.4. The van der Waals surface area contributed by atoms with E-state index in [2.05, 4.69) is 15.8 Å². The van der Waals surface area contributed by atoms with E-state index in [1.807, 2.05) is 39.0 Å². The molecule has 7 nitrogen and oxygen atoms in total. The maximum Gasteiger partial charge on any atom is 0.322 e. The van der Waals surface area contributed by atoms with Gasteiger partial charge in [-0.1, -0.05) is 24.2 Å². The standard InChI is InChI=1S/C18H24N4O3/c1-5-9-22(11-17(23)20-16-10-13(3)25-21-16)18(24)19-15-8-6-7-12(2)14(15)4/h6-8,10H,5,9,11H2,1-4H3,(H,19,24)(H,20,21,23). The van der Waals surface area contributed by atoms with Crippen LogP contribution in [0.1, 0.15) is 30.2 Å². The zero-order valence-electron chi connectivity index (χ0n) is 15.0. The number of nitrogens with one attached hydrogen (secondary N) is 2. The van der Waals surface area contributed by atoms with Crippen LogP contribution in [0.4, 0.5) is 16.3 Å². The summed E-state index contributed by atoms with van der Waals surface area (Å²) in [5, 5.41) is 9.22. The molecule has 3 amide bonds. The highest BCUT2D eigenvalue weighted by Crippen LogP contribution is 2.18. The molecule has 0 aliphatic carbocycles. The number of benzene rings is 1. The molecule has 0 saturated carbocycles. The van der Waals surface area contributed by atoms with E-state index in [4.69, 9.17) is 4.52 Å². The highest BCUT2D eigenvalue weighted by atomic mass is 16.5. The first kappa shape index (κ1) is 18.5. The van der Waals surface area contributed by atoms with E-state index in [0.29, 0.717) is 18.1 Å². The minimum atomic E-state index is -0.321. The number of hydrogen-bond acceptors (Lipinski definition) is 4. The highest BCUT2D eigenvalue weighted by Gasteiger charge is 2.18. The first-order valence-electron chi connectivity index (χ1n) is 8.26. The Morgan fingerprint density at radius 2 is 1.96 bits per heavy atom. The van der Waals surface area contributed by atoms with Crippen LogP contribution >= 0.6 is 0 Å². The molecule has 2 N–H and O–H groups in total. The summed E-state index contributed by atoms with van der Waals surface area (Å²) >= 11 is 0. The summed E-state index contributed by atoms with van der Waals surface area (Å²) in [5.74, 6) is 0.625. The van der Waals surface area contributed by atoms with Crippen LogP contribution in [0.2, 0.25) is 0 Å². The lowest BCUT2D eigenvalue weighted by Gasteiger charge is -2.22. The summed E-state index contributed by atoms with van der Waals surface area (Å²) in [6, 6.07) is 7.05. The molecule has 1 aromatic carbocycles. The Hall–Kier alpha value is -2.83. The maximum atomic E-state index is 12.6. The number of aryl methyl sites for hydroxylation is 2. The van der Waals surface area contributed by atoms with Crippen molar-refractivity contribution in [3.8, 4) is 0 Å². The van der Waals surface area contributed by atoms with Crippen LogP contribution in [-0.4, -0.2) is 35.1 Å². The van der Waals surface area contributed by atoms with Gasteiger partial charge in [0.05, 0.1) is 0 Å². The molecule has 1 aromatic heterocycles. The first-order valence-corrected chi connectivity index (χ1v) is 8.26. The molecule has 134 valence electrons. The van der Waals surface area contributed by atoms with Crippen LogP contribution in [0.5, 0.6) is 0 Å². The van der Waals surface area contributed by atoms with E-state index in [1.54, 1.807) is 13.0 Å². The van der Waals surface area contributed by atoms with Crippen LogP contribution in [-0.2, 0) is 4.79 Å². The second-order valence-electron chi connectivity index (χ2n) is 5.97. The molecule has 0 unspecified atom stereocenters. The topological polar surface area (TPSA) is 87.5 Å². The number of aromatic nitrogens is 1. The molecule has 0 bridgehead atoms. The summed E-state index contributed by atoms with van der Waals surface area (Å²) in [4.78, 5) is 26.2. The largest absolute Gasteiger partial charge is 0.360 e. The van der Waals surface area contributed by atoms with Gasteiger partial charge in [0, 0.05) is 18.3 Å². The fraction of sp³-hybridized carbons (Fsp3) is 0.389. The van der Waals surface area contributed by atoms with Gasteiger partial charge in [-0.2, -0.15) is 0 Å². The van der Waals surface area contributed by atoms with E-state index in [-0.39, 0.29) is 18.5 Å². The summed E-state index contributed by atoms with van der Waals surface area (Å²) < 4.78 is 4.91. The second-order valence-corrected chi connectivity index (χ2v) is 5.97. The third-order valence-corrected chi connectivity index (χ3v) is 3.86. The molecular weight excluding hydrogens is 320 g/mol. The molecule has 0 aliphatic heterocycles. The van der Waals surface area contributed by atoms with Gasteiger partial charge < -0.3 is 20.1 Å². The number of carbonyl (C=O) groups is 2. The van der Waals surface area contributed by atoms with E-state index < -0.39 is 0 Å². The molecular formula is C18H24N4O3. The van der Waals surface area contributed by atoms with Crippen LogP contribution in [0.3, 0.4) is 0 Å². The molecule has 0 spiro atoms. The smallest absolute Gasteiger partial charge is 0.322 e. The van der Waals surface area contributed by atoms with E-state index in [9.17, 15) is 9.59 Å².